The first-order valence-electron chi connectivity index (χ1n) is 7.64. The fourth-order valence-corrected chi connectivity index (χ4v) is 4.08. The molecule has 0 saturated heterocycles. The molecule has 0 aromatic carbocycles. The predicted molar refractivity (Wildman–Crippen MR) is 80.2 cm³/mol. The van der Waals surface area contributed by atoms with Crippen molar-refractivity contribution >= 4 is 5.78 Å². The van der Waals surface area contributed by atoms with Crippen molar-refractivity contribution in [1.82, 2.24) is 0 Å². The molecule has 3 rings (SSSR count). The van der Waals surface area contributed by atoms with Crippen LogP contribution >= 0.6 is 0 Å². The van der Waals surface area contributed by atoms with Crippen LogP contribution < -0.4 is 0 Å². The third kappa shape index (κ3) is 1.72. The molecule has 0 heterocycles. The van der Waals surface area contributed by atoms with Crippen molar-refractivity contribution in [3.8, 4) is 6.07 Å². The Balaban J connectivity index is 2.06. The Morgan fingerprint density at radius 2 is 2.05 bits per heavy atom. The van der Waals surface area contributed by atoms with Gasteiger partial charge in [0.05, 0.1) is 6.07 Å². The maximum Gasteiger partial charge on any atom is 0.195 e. The van der Waals surface area contributed by atoms with Crippen LogP contribution in [-0.2, 0) is 4.79 Å². The minimum Gasteiger partial charge on any atom is -0.381 e. The highest BCUT2D eigenvalue weighted by Crippen LogP contribution is 2.65. The maximum atomic E-state index is 12.7. The molecule has 0 radical (unpaired) electrons. The molecule has 3 aliphatic carbocycles. The van der Waals surface area contributed by atoms with Crippen molar-refractivity contribution in [2.24, 2.45) is 5.41 Å². The zero-order valence-electron chi connectivity index (χ0n) is 12.9. The fourth-order valence-electron chi connectivity index (χ4n) is 4.08. The monoisotopic (exact) mass is 283 g/mol. The lowest BCUT2D eigenvalue weighted by molar-refractivity contribution is -0.137. The number of nitrogens with zero attached hydrogens (tertiary/aromatic N) is 1. The summed E-state index contributed by atoms with van der Waals surface area (Å²) in [5.41, 5.74) is 3.62. The van der Waals surface area contributed by atoms with Crippen molar-refractivity contribution in [1.29, 1.82) is 5.26 Å². The van der Waals surface area contributed by atoms with Gasteiger partial charge in [0.2, 0.25) is 0 Å². The van der Waals surface area contributed by atoms with Gasteiger partial charge in [-0.1, -0.05) is 5.57 Å². The third-order valence-electron chi connectivity index (χ3n) is 5.58. The molecule has 3 nitrogen and oxygen atoms in total. The number of unbranched alkanes of at least 4 members (excludes halogenated alkanes) is 1. The quantitative estimate of drug-likeness (QED) is 0.808. The molecule has 1 fully saturated rings. The highest BCUT2D eigenvalue weighted by atomic mass is 16.3. The summed E-state index contributed by atoms with van der Waals surface area (Å²) in [6.45, 7) is 5.77. The summed E-state index contributed by atoms with van der Waals surface area (Å²) in [5.74, 6) is -0.129. The number of allylic oxidation sites excluding steroid dienone is 4. The molecule has 0 aromatic heterocycles. The molecule has 0 bridgehead atoms. The van der Waals surface area contributed by atoms with Crippen molar-refractivity contribution in [2.45, 2.75) is 58.5 Å². The normalized spacial score (nSPS) is 29.7. The van der Waals surface area contributed by atoms with E-state index in [2.05, 4.69) is 13.0 Å². The standard InChI is InChI=1S/C18H21NO2/c1-11-10-14-15(13(11)6-4-5-9-19)12(2)18(7-8-18)17(3,21)16(14)20/h10,21H,4-8H2,1-3H3. The van der Waals surface area contributed by atoms with E-state index >= 15 is 0 Å². The molecule has 110 valence electrons. The minimum absolute atomic E-state index is 0.129. The van der Waals surface area contributed by atoms with E-state index in [0.29, 0.717) is 12.0 Å². The number of hydrogen-bond donors (Lipinski definition) is 1. The number of ketones is 1. The predicted octanol–water partition coefficient (Wildman–Crippen LogP) is 3.37. The number of nitriles is 1. The maximum absolute atomic E-state index is 12.7. The highest BCUT2D eigenvalue weighted by Gasteiger charge is 2.64. The van der Waals surface area contributed by atoms with Gasteiger partial charge in [-0.3, -0.25) is 4.79 Å². The largest absolute Gasteiger partial charge is 0.381 e. The van der Waals surface area contributed by atoms with E-state index in [9.17, 15) is 9.90 Å². The third-order valence-corrected chi connectivity index (χ3v) is 5.58. The van der Waals surface area contributed by atoms with Crippen LogP contribution in [0, 0.1) is 16.7 Å². The van der Waals surface area contributed by atoms with Crippen LogP contribution in [0.25, 0.3) is 0 Å². The number of aliphatic hydroxyl groups is 1. The first-order chi connectivity index (χ1) is 9.87. The number of fused-ring (bicyclic) bond motifs is 1. The van der Waals surface area contributed by atoms with Gasteiger partial charge in [-0.25, -0.2) is 0 Å². The lowest BCUT2D eigenvalue weighted by atomic mass is 9.67. The number of rotatable bonds is 3. The average molecular weight is 283 g/mol. The zero-order valence-corrected chi connectivity index (χ0v) is 12.9. The summed E-state index contributed by atoms with van der Waals surface area (Å²) in [7, 11) is 0. The summed E-state index contributed by atoms with van der Waals surface area (Å²) in [6, 6.07) is 2.18. The summed E-state index contributed by atoms with van der Waals surface area (Å²) < 4.78 is 0. The molecule has 0 amide bonds. The van der Waals surface area contributed by atoms with E-state index in [1.165, 1.54) is 11.1 Å². The second kappa shape index (κ2) is 4.42. The second-order valence-electron chi connectivity index (χ2n) is 6.71. The Morgan fingerprint density at radius 3 is 2.62 bits per heavy atom. The molecule has 21 heavy (non-hydrogen) atoms. The number of hydrogen-bond acceptors (Lipinski definition) is 3. The lowest BCUT2D eigenvalue weighted by Crippen LogP contribution is -2.49. The first-order valence-corrected chi connectivity index (χ1v) is 7.64. The molecule has 1 atom stereocenters. The molecule has 0 aromatic rings. The Morgan fingerprint density at radius 1 is 1.38 bits per heavy atom. The van der Waals surface area contributed by atoms with Gasteiger partial charge >= 0.3 is 0 Å². The topological polar surface area (TPSA) is 61.1 Å². The Hall–Kier alpha value is -1.66. The smallest absolute Gasteiger partial charge is 0.195 e. The van der Waals surface area contributed by atoms with Crippen molar-refractivity contribution < 1.29 is 9.90 Å². The van der Waals surface area contributed by atoms with Crippen LogP contribution in [0.3, 0.4) is 0 Å². The van der Waals surface area contributed by atoms with E-state index in [-0.39, 0.29) is 11.2 Å². The minimum atomic E-state index is -1.27. The molecular formula is C18H21NO2. The summed E-state index contributed by atoms with van der Waals surface area (Å²) in [6.07, 6.45) is 5.88. The molecule has 1 spiro atoms. The molecule has 1 unspecified atom stereocenters. The van der Waals surface area contributed by atoms with Gasteiger partial charge in [0.25, 0.3) is 0 Å². The Labute approximate surface area is 125 Å². The van der Waals surface area contributed by atoms with E-state index in [4.69, 9.17) is 5.26 Å². The van der Waals surface area contributed by atoms with Gasteiger partial charge in [0.1, 0.15) is 5.60 Å². The summed E-state index contributed by atoms with van der Waals surface area (Å²) in [4.78, 5) is 12.7. The van der Waals surface area contributed by atoms with Gasteiger partial charge in [0.15, 0.2) is 5.78 Å². The van der Waals surface area contributed by atoms with Crippen molar-refractivity contribution in [3.63, 3.8) is 0 Å². The van der Waals surface area contributed by atoms with E-state index in [1.807, 2.05) is 13.0 Å². The summed E-state index contributed by atoms with van der Waals surface area (Å²) in [5, 5.41) is 19.5. The average Bonchev–Trinajstić information content (AvgIpc) is 3.18. The Bertz CT molecular complexity index is 664. The van der Waals surface area contributed by atoms with Gasteiger partial charge in [-0.05, 0) is 69.2 Å². The van der Waals surface area contributed by atoms with Crippen LogP contribution in [-0.4, -0.2) is 16.5 Å². The van der Waals surface area contributed by atoms with E-state index < -0.39 is 5.60 Å². The lowest BCUT2D eigenvalue weighted by Gasteiger charge is -2.39. The van der Waals surface area contributed by atoms with Gasteiger partial charge in [0, 0.05) is 17.4 Å². The summed E-state index contributed by atoms with van der Waals surface area (Å²) >= 11 is 0. The van der Waals surface area contributed by atoms with Crippen molar-refractivity contribution in [3.05, 3.63) is 33.9 Å². The highest BCUT2D eigenvalue weighted by molar-refractivity contribution is 6.10. The number of carbonyl (C=O) groups is 1. The number of carbonyl (C=O) groups excluding carboxylic acids is 1. The molecule has 1 saturated carbocycles. The number of Topliss-reactive ketones (excluding diaryl/α,β-unsaturated/α-hetero) is 1. The van der Waals surface area contributed by atoms with Crippen LogP contribution in [0.2, 0.25) is 0 Å². The zero-order chi connectivity index (χ0) is 15.4. The van der Waals surface area contributed by atoms with Crippen LogP contribution in [0.1, 0.15) is 52.9 Å². The van der Waals surface area contributed by atoms with E-state index in [0.717, 1.165) is 36.8 Å². The van der Waals surface area contributed by atoms with Crippen molar-refractivity contribution in [2.75, 3.05) is 0 Å². The molecular weight excluding hydrogens is 262 g/mol. The van der Waals surface area contributed by atoms with Gasteiger partial charge < -0.3 is 5.11 Å². The molecule has 3 heteroatoms. The van der Waals surface area contributed by atoms with E-state index in [1.54, 1.807) is 6.92 Å². The van der Waals surface area contributed by atoms with Crippen LogP contribution in [0.5, 0.6) is 0 Å². The first kappa shape index (κ1) is 14.3. The molecule has 3 aliphatic rings. The second-order valence-corrected chi connectivity index (χ2v) is 6.71. The van der Waals surface area contributed by atoms with Gasteiger partial charge in [-0.15, -0.1) is 0 Å². The van der Waals surface area contributed by atoms with Gasteiger partial charge in [-0.2, -0.15) is 5.26 Å². The molecule has 1 N–H and O–H groups in total. The SMILES string of the molecule is CC1=C(CCCC#N)C2=C(C)C3(CC3)C(C)(O)C(=O)C2=C1. The fraction of sp³-hybridized carbons (Fsp3) is 0.556. The Kier molecular flexibility index (Phi) is 3.00. The van der Waals surface area contributed by atoms with Crippen LogP contribution in [0.15, 0.2) is 33.9 Å². The molecule has 0 aliphatic heterocycles. The van der Waals surface area contributed by atoms with Crippen LogP contribution in [0.4, 0.5) is 0 Å².